The Labute approximate surface area is 106 Å². The molecule has 0 aliphatic carbocycles. The van der Waals surface area contributed by atoms with Gasteiger partial charge in [-0.05, 0) is 22.7 Å². The van der Waals surface area contributed by atoms with Gasteiger partial charge in [0.15, 0.2) is 0 Å². The predicted molar refractivity (Wildman–Crippen MR) is 76.4 cm³/mol. The molecule has 0 fully saturated rings. The van der Waals surface area contributed by atoms with Crippen molar-refractivity contribution in [2.45, 2.75) is 58.2 Å². The van der Waals surface area contributed by atoms with E-state index in [1.54, 1.807) is 10.9 Å². The van der Waals surface area contributed by atoms with E-state index in [1.807, 2.05) is 12.3 Å². The molecule has 1 aromatic rings. The zero-order chi connectivity index (χ0) is 13.1. The molecule has 94 valence electrons. The Hall–Kier alpha value is -1.01. The third kappa shape index (κ3) is 2.81. The molecule has 0 bridgehead atoms. The molecule has 1 heterocycles. The van der Waals surface area contributed by atoms with E-state index in [0.717, 1.165) is 0 Å². The Morgan fingerprint density at radius 2 is 1.53 bits per heavy atom. The smallest absolute Gasteiger partial charge is 0.148 e. The molecular formula is C14H24N2Si. The minimum atomic E-state index is -1.61. The van der Waals surface area contributed by atoms with Gasteiger partial charge in [0.05, 0.1) is 6.20 Å². The second-order valence-electron chi connectivity index (χ2n) is 5.58. The Kier molecular flexibility index (Phi) is 4.59. The van der Waals surface area contributed by atoms with Gasteiger partial charge in [-0.3, -0.25) is 0 Å². The number of hydrogen-bond acceptors (Lipinski definition) is 1. The molecule has 0 aliphatic rings. The fourth-order valence-electron chi connectivity index (χ4n) is 2.92. The number of aromatic nitrogens is 2. The molecule has 3 heteroatoms. The number of rotatable bonds is 3. The van der Waals surface area contributed by atoms with Crippen molar-refractivity contribution in [3.63, 3.8) is 0 Å². The maximum Gasteiger partial charge on any atom is 0.148 e. The lowest BCUT2D eigenvalue weighted by molar-refractivity contribution is 0.836. The Bertz CT molecular complexity index is 372. The molecule has 0 aromatic carbocycles. The number of hydrogen-bond donors (Lipinski definition) is 0. The molecular weight excluding hydrogens is 224 g/mol. The highest BCUT2D eigenvalue weighted by Crippen LogP contribution is 2.40. The standard InChI is InChI=1S/C14H24N2Si/c1-12(2)17(13(3)4,14(5)6)11-10-16-9-7-8-15-16/h7-9,12-14H,1-6H3. The van der Waals surface area contributed by atoms with Crippen LogP contribution in [0.25, 0.3) is 0 Å². The van der Waals surface area contributed by atoms with Crippen LogP contribution in [-0.4, -0.2) is 17.9 Å². The third-order valence-corrected chi connectivity index (χ3v) is 10.0. The van der Waals surface area contributed by atoms with Crippen LogP contribution in [0.4, 0.5) is 0 Å². The summed E-state index contributed by atoms with van der Waals surface area (Å²) in [5.74, 6) is 0. The van der Waals surface area contributed by atoms with Gasteiger partial charge < -0.3 is 0 Å². The molecule has 0 unspecified atom stereocenters. The molecule has 2 nitrogen and oxygen atoms in total. The largest absolute Gasteiger partial charge is 0.198 e. The van der Waals surface area contributed by atoms with Crippen LogP contribution in [0.5, 0.6) is 0 Å². The lowest BCUT2D eigenvalue weighted by atomic mass is 10.5. The molecule has 0 atom stereocenters. The summed E-state index contributed by atoms with van der Waals surface area (Å²) in [7, 11) is -1.61. The zero-order valence-corrected chi connectivity index (χ0v) is 12.9. The highest BCUT2D eigenvalue weighted by Gasteiger charge is 2.41. The zero-order valence-electron chi connectivity index (χ0n) is 11.9. The molecule has 0 amide bonds. The predicted octanol–water partition coefficient (Wildman–Crippen LogP) is 3.91. The van der Waals surface area contributed by atoms with Crippen LogP contribution in [0.3, 0.4) is 0 Å². The molecule has 0 aliphatic heterocycles. The summed E-state index contributed by atoms with van der Waals surface area (Å²) < 4.78 is 1.73. The van der Waals surface area contributed by atoms with Crippen molar-refractivity contribution in [3.8, 4) is 11.6 Å². The summed E-state index contributed by atoms with van der Waals surface area (Å²) >= 11 is 0. The van der Waals surface area contributed by atoms with Crippen molar-refractivity contribution in [1.29, 1.82) is 0 Å². The molecule has 1 rings (SSSR count). The van der Waals surface area contributed by atoms with E-state index < -0.39 is 8.07 Å². The second kappa shape index (κ2) is 5.55. The topological polar surface area (TPSA) is 17.8 Å². The van der Waals surface area contributed by atoms with E-state index in [-0.39, 0.29) is 0 Å². The Balaban J connectivity index is 3.15. The van der Waals surface area contributed by atoms with E-state index in [0.29, 0.717) is 16.6 Å². The molecule has 0 N–H and O–H groups in total. The summed E-state index contributed by atoms with van der Waals surface area (Å²) in [5, 5.41) is 4.16. The van der Waals surface area contributed by atoms with Crippen molar-refractivity contribution in [2.24, 2.45) is 0 Å². The van der Waals surface area contributed by atoms with Crippen LogP contribution in [0.1, 0.15) is 41.5 Å². The first-order valence-electron chi connectivity index (χ1n) is 6.44. The number of nitrogens with zero attached hydrogens (tertiary/aromatic N) is 2. The quantitative estimate of drug-likeness (QED) is 0.586. The summed E-state index contributed by atoms with van der Waals surface area (Å²) in [5.41, 5.74) is 5.64. The average Bonchev–Trinajstić information content (AvgIpc) is 2.69. The van der Waals surface area contributed by atoms with Crippen molar-refractivity contribution in [1.82, 2.24) is 9.78 Å². The Morgan fingerprint density at radius 3 is 1.88 bits per heavy atom. The lowest BCUT2D eigenvalue weighted by Crippen LogP contribution is -2.43. The van der Waals surface area contributed by atoms with Crippen molar-refractivity contribution in [2.75, 3.05) is 0 Å². The van der Waals surface area contributed by atoms with Gasteiger partial charge in [-0.15, -0.1) is 5.54 Å². The van der Waals surface area contributed by atoms with Crippen molar-refractivity contribution >= 4 is 8.07 Å². The maximum absolute atomic E-state index is 4.16. The van der Waals surface area contributed by atoms with Crippen molar-refractivity contribution in [3.05, 3.63) is 18.5 Å². The maximum atomic E-state index is 4.16. The minimum absolute atomic E-state index is 0.672. The fourth-order valence-corrected chi connectivity index (χ4v) is 8.10. The first kappa shape index (κ1) is 14.0. The molecule has 17 heavy (non-hydrogen) atoms. The second-order valence-corrected chi connectivity index (χ2v) is 11.2. The van der Waals surface area contributed by atoms with Crippen LogP contribution in [0.15, 0.2) is 18.5 Å². The van der Waals surface area contributed by atoms with Crippen LogP contribution < -0.4 is 0 Å². The SMILES string of the molecule is CC(C)[Si](C#Cn1cccn1)(C(C)C)C(C)C. The summed E-state index contributed by atoms with van der Waals surface area (Å²) in [6.07, 6.45) is 3.69. The van der Waals surface area contributed by atoms with Crippen molar-refractivity contribution < 1.29 is 0 Å². The van der Waals surface area contributed by atoms with E-state index in [2.05, 4.69) is 58.2 Å². The van der Waals surface area contributed by atoms with Crippen LogP contribution in [0, 0.1) is 11.6 Å². The molecule has 0 saturated carbocycles. The minimum Gasteiger partial charge on any atom is -0.198 e. The van der Waals surface area contributed by atoms with Gasteiger partial charge in [-0.2, -0.15) is 9.78 Å². The van der Waals surface area contributed by atoms with Crippen LogP contribution in [0.2, 0.25) is 16.6 Å². The fraction of sp³-hybridized carbons (Fsp3) is 0.643. The summed E-state index contributed by atoms with van der Waals surface area (Å²) in [6.45, 7) is 13.9. The van der Waals surface area contributed by atoms with E-state index in [4.69, 9.17) is 0 Å². The van der Waals surface area contributed by atoms with E-state index in [1.165, 1.54) is 0 Å². The van der Waals surface area contributed by atoms with Gasteiger partial charge in [0.2, 0.25) is 0 Å². The summed E-state index contributed by atoms with van der Waals surface area (Å²) in [4.78, 5) is 0. The van der Waals surface area contributed by atoms with Gasteiger partial charge in [0.1, 0.15) is 8.07 Å². The lowest BCUT2D eigenvalue weighted by Gasteiger charge is -2.37. The third-order valence-electron chi connectivity index (χ3n) is 3.76. The molecule has 0 saturated heterocycles. The Morgan fingerprint density at radius 1 is 1.00 bits per heavy atom. The first-order valence-corrected chi connectivity index (χ1v) is 8.67. The normalized spacial score (nSPS) is 12.1. The molecule has 0 spiro atoms. The van der Waals surface area contributed by atoms with Crippen LogP contribution >= 0.6 is 0 Å². The first-order chi connectivity index (χ1) is 7.91. The molecule has 0 radical (unpaired) electrons. The van der Waals surface area contributed by atoms with E-state index >= 15 is 0 Å². The molecule has 1 aromatic heterocycles. The van der Waals surface area contributed by atoms with Crippen LogP contribution in [-0.2, 0) is 0 Å². The van der Waals surface area contributed by atoms with Gasteiger partial charge in [0.25, 0.3) is 0 Å². The van der Waals surface area contributed by atoms with Gasteiger partial charge >= 0.3 is 0 Å². The highest BCUT2D eigenvalue weighted by molar-refractivity contribution is 6.90. The average molecular weight is 248 g/mol. The van der Waals surface area contributed by atoms with Gasteiger partial charge in [-0.1, -0.05) is 41.5 Å². The monoisotopic (exact) mass is 248 g/mol. The highest BCUT2D eigenvalue weighted by atomic mass is 28.3. The van der Waals surface area contributed by atoms with Gasteiger partial charge in [-0.25, -0.2) is 0 Å². The summed E-state index contributed by atoms with van der Waals surface area (Å²) in [6, 6.07) is 5.14. The van der Waals surface area contributed by atoms with Gasteiger partial charge in [0, 0.05) is 12.2 Å². The van der Waals surface area contributed by atoms with E-state index in [9.17, 15) is 0 Å².